The minimum atomic E-state index is -1.52. The fraction of sp³-hybridized carbons (Fsp3) is 0.500. The lowest BCUT2D eigenvalue weighted by Crippen LogP contribution is -2.44. The maximum atomic E-state index is 6.00. The van der Waals surface area contributed by atoms with Crippen LogP contribution >= 0.6 is 24.8 Å². The van der Waals surface area contributed by atoms with Crippen molar-refractivity contribution >= 4 is 33.1 Å². The van der Waals surface area contributed by atoms with Gasteiger partial charge in [-0.25, -0.2) is 0 Å². The Labute approximate surface area is 148 Å². The standard InChI is InChI=1S/C16H26N2OSi.2ClH/c1-5-16(18-12-10-17-11-13-18)14-6-8-15(9-7-14)19-20(2,3)4;;/h5-9,16-17H,1,10-13H2,2-4H3;2*1H/t16-;;/m0../s1. The van der Waals surface area contributed by atoms with Crippen LogP contribution in [-0.2, 0) is 0 Å². The van der Waals surface area contributed by atoms with Crippen LogP contribution in [0.1, 0.15) is 11.6 Å². The van der Waals surface area contributed by atoms with Crippen LogP contribution in [0.5, 0.6) is 5.75 Å². The Kier molecular flexibility index (Phi) is 9.35. The van der Waals surface area contributed by atoms with Gasteiger partial charge >= 0.3 is 0 Å². The van der Waals surface area contributed by atoms with E-state index in [1.54, 1.807) is 0 Å². The molecule has 2 rings (SSSR count). The second kappa shape index (κ2) is 9.58. The average Bonchev–Trinajstić information content (AvgIpc) is 2.41. The Morgan fingerprint density at radius 1 is 1.14 bits per heavy atom. The molecule has 126 valence electrons. The lowest BCUT2D eigenvalue weighted by Gasteiger charge is -2.33. The van der Waals surface area contributed by atoms with E-state index in [9.17, 15) is 0 Å². The van der Waals surface area contributed by atoms with Crippen LogP contribution in [0.4, 0.5) is 0 Å². The van der Waals surface area contributed by atoms with E-state index in [-0.39, 0.29) is 24.8 Å². The second-order valence-electron chi connectivity index (χ2n) is 6.25. The Morgan fingerprint density at radius 3 is 2.14 bits per heavy atom. The molecule has 1 N–H and O–H groups in total. The maximum Gasteiger partial charge on any atom is 0.242 e. The zero-order valence-corrected chi connectivity index (χ0v) is 16.3. The van der Waals surface area contributed by atoms with E-state index in [2.05, 4.69) is 60.7 Å². The largest absolute Gasteiger partial charge is 0.544 e. The molecule has 6 heteroatoms. The SMILES string of the molecule is C=C[C@@H](c1ccc(O[Si](C)(C)C)cc1)N1CCNCC1.Cl.Cl. The number of halogens is 2. The van der Waals surface area contributed by atoms with Gasteiger partial charge in [0.05, 0.1) is 6.04 Å². The fourth-order valence-electron chi connectivity index (χ4n) is 2.54. The summed E-state index contributed by atoms with van der Waals surface area (Å²) in [5.41, 5.74) is 1.30. The van der Waals surface area contributed by atoms with Crippen molar-refractivity contribution in [3.8, 4) is 5.75 Å². The molecule has 1 aliphatic rings. The second-order valence-corrected chi connectivity index (χ2v) is 10.7. The highest BCUT2D eigenvalue weighted by atomic mass is 35.5. The molecule has 1 fully saturated rings. The van der Waals surface area contributed by atoms with Crippen LogP contribution in [0.15, 0.2) is 36.9 Å². The molecule has 3 nitrogen and oxygen atoms in total. The molecule has 1 aromatic rings. The van der Waals surface area contributed by atoms with Gasteiger partial charge in [0.25, 0.3) is 0 Å². The zero-order chi connectivity index (χ0) is 14.6. The quantitative estimate of drug-likeness (QED) is 0.635. The van der Waals surface area contributed by atoms with Crippen LogP contribution in [-0.4, -0.2) is 39.4 Å². The van der Waals surface area contributed by atoms with Gasteiger partial charge in [-0.3, -0.25) is 4.90 Å². The number of rotatable bonds is 5. The van der Waals surface area contributed by atoms with Gasteiger partial charge in [-0.15, -0.1) is 31.4 Å². The monoisotopic (exact) mass is 362 g/mol. The third-order valence-electron chi connectivity index (χ3n) is 3.41. The van der Waals surface area contributed by atoms with Crippen LogP contribution in [0.3, 0.4) is 0 Å². The number of piperazine rings is 1. The first-order valence-corrected chi connectivity index (χ1v) is 10.8. The van der Waals surface area contributed by atoms with Gasteiger partial charge in [0.1, 0.15) is 5.75 Å². The van der Waals surface area contributed by atoms with Crippen LogP contribution in [0.25, 0.3) is 0 Å². The van der Waals surface area contributed by atoms with Crippen LogP contribution < -0.4 is 9.74 Å². The molecule has 22 heavy (non-hydrogen) atoms. The van der Waals surface area contributed by atoms with Gasteiger partial charge in [-0.2, -0.15) is 0 Å². The van der Waals surface area contributed by atoms with Gasteiger partial charge in [-0.05, 0) is 37.3 Å². The topological polar surface area (TPSA) is 24.5 Å². The number of hydrogen-bond acceptors (Lipinski definition) is 3. The number of nitrogens with one attached hydrogen (secondary N) is 1. The zero-order valence-electron chi connectivity index (χ0n) is 13.7. The van der Waals surface area contributed by atoms with E-state index < -0.39 is 8.32 Å². The Balaban J connectivity index is 0.00000220. The Bertz CT molecular complexity index is 442. The van der Waals surface area contributed by atoms with Gasteiger partial charge in [0, 0.05) is 26.2 Å². The highest BCUT2D eigenvalue weighted by Crippen LogP contribution is 2.25. The van der Waals surface area contributed by atoms with Crippen LogP contribution in [0, 0.1) is 0 Å². The summed E-state index contributed by atoms with van der Waals surface area (Å²) < 4.78 is 6.00. The third kappa shape index (κ3) is 6.30. The number of hydrogen-bond donors (Lipinski definition) is 1. The van der Waals surface area contributed by atoms with Crippen molar-refractivity contribution in [3.63, 3.8) is 0 Å². The van der Waals surface area contributed by atoms with Crippen molar-refractivity contribution < 1.29 is 4.43 Å². The van der Waals surface area contributed by atoms with Crippen molar-refractivity contribution in [1.82, 2.24) is 10.2 Å². The molecule has 0 spiro atoms. The van der Waals surface area contributed by atoms with E-state index in [4.69, 9.17) is 4.43 Å². The van der Waals surface area contributed by atoms with Crippen LogP contribution in [0.2, 0.25) is 19.6 Å². The molecule has 0 bridgehead atoms. The van der Waals surface area contributed by atoms with Gasteiger partial charge < -0.3 is 9.74 Å². The first-order valence-electron chi connectivity index (χ1n) is 7.36. The molecule has 1 aromatic carbocycles. The Morgan fingerprint density at radius 2 is 1.68 bits per heavy atom. The van der Waals surface area contributed by atoms with E-state index in [0.29, 0.717) is 6.04 Å². The number of benzene rings is 1. The van der Waals surface area contributed by atoms with Gasteiger partial charge in [0.15, 0.2) is 0 Å². The molecule has 1 heterocycles. The molecule has 0 amide bonds. The lowest BCUT2D eigenvalue weighted by atomic mass is 10.0. The minimum Gasteiger partial charge on any atom is -0.544 e. The van der Waals surface area contributed by atoms with E-state index >= 15 is 0 Å². The molecule has 0 radical (unpaired) electrons. The van der Waals surface area contributed by atoms with Crippen molar-refractivity contribution in [1.29, 1.82) is 0 Å². The average molecular weight is 363 g/mol. The summed E-state index contributed by atoms with van der Waals surface area (Å²) in [6.07, 6.45) is 2.04. The molecule has 1 saturated heterocycles. The summed E-state index contributed by atoms with van der Waals surface area (Å²) in [6.45, 7) is 14.9. The van der Waals surface area contributed by atoms with E-state index in [0.717, 1.165) is 31.9 Å². The smallest absolute Gasteiger partial charge is 0.242 e. The summed E-state index contributed by atoms with van der Waals surface area (Å²) >= 11 is 0. The van der Waals surface area contributed by atoms with Crippen molar-refractivity contribution in [3.05, 3.63) is 42.5 Å². The van der Waals surface area contributed by atoms with Gasteiger partial charge in [-0.1, -0.05) is 18.2 Å². The summed E-state index contributed by atoms with van der Waals surface area (Å²) in [5.74, 6) is 0.982. The van der Waals surface area contributed by atoms with Crippen molar-refractivity contribution in [2.45, 2.75) is 25.7 Å². The summed E-state index contributed by atoms with van der Waals surface area (Å²) in [6, 6.07) is 8.82. The molecule has 0 unspecified atom stereocenters. The van der Waals surface area contributed by atoms with Crippen molar-refractivity contribution in [2.24, 2.45) is 0 Å². The molecule has 0 aliphatic carbocycles. The first kappa shape index (κ1) is 21.5. The Hall–Kier alpha value is -0.523. The van der Waals surface area contributed by atoms with E-state index in [1.165, 1.54) is 5.56 Å². The minimum absolute atomic E-state index is 0. The molecule has 0 aromatic heterocycles. The van der Waals surface area contributed by atoms with Crippen molar-refractivity contribution in [2.75, 3.05) is 26.2 Å². The maximum absolute atomic E-state index is 6.00. The summed E-state index contributed by atoms with van der Waals surface area (Å²) in [4.78, 5) is 2.47. The van der Waals surface area contributed by atoms with Gasteiger partial charge in [0.2, 0.25) is 8.32 Å². The fourth-order valence-corrected chi connectivity index (χ4v) is 3.39. The number of nitrogens with zero attached hydrogens (tertiary/aromatic N) is 1. The highest BCUT2D eigenvalue weighted by Gasteiger charge is 2.20. The predicted molar refractivity (Wildman–Crippen MR) is 102 cm³/mol. The summed E-state index contributed by atoms with van der Waals surface area (Å²) in [7, 11) is -1.52. The highest BCUT2D eigenvalue weighted by molar-refractivity contribution is 6.70. The van der Waals surface area contributed by atoms with E-state index in [1.807, 2.05) is 6.08 Å². The molecule has 1 aliphatic heterocycles. The predicted octanol–water partition coefficient (Wildman–Crippen LogP) is 3.88. The molecular formula is C16H28Cl2N2OSi. The summed E-state index contributed by atoms with van der Waals surface area (Å²) in [5, 5.41) is 3.39. The lowest BCUT2D eigenvalue weighted by molar-refractivity contribution is 0.203. The molecule has 1 atom stereocenters. The third-order valence-corrected chi connectivity index (χ3v) is 4.26. The normalized spacial score (nSPS) is 16.9. The first-order chi connectivity index (χ1) is 9.49. The molecular weight excluding hydrogens is 335 g/mol. The molecule has 0 saturated carbocycles.